The number of fused-ring (bicyclic) bond motifs is 1. The fourth-order valence-electron chi connectivity index (χ4n) is 2.39. The van der Waals surface area contributed by atoms with Crippen molar-refractivity contribution in [1.29, 1.82) is 0 Å². The first-order chi connectivity index (χ1) is 10.1. The predicted octanol–water partition coefficient (Wildman–Crippen LogP) is 4.23. The van der Waals surface area contributed by atoms with Gasteiger partial charge in [0.1, 0.15) is 11.3 Å². The Kier molecular flexibility index (Phi) is 3.48. The number of para-hydroxylation sites is 1. The van der Waals surface area contributed by atoms with Gasteiger partial charge in [0.15, 0.2) is 0 Å². The van der Waals surface area contributed by atoms with Crippen molar-refractivity contribution >= 4 is 16.9 Å². The predicted molar refractivity (Wildman–Crippen MR) is 83.3 cm³/mol. The zero-order chi connectivity index (χ0) is 14.8. The Morgan fingerprint density at radius 2 is 1.81 bits per heavy atom. The van der Waals surface area contributed by atoms with Gasteiger partial charge in [-0.25, -0.2) is 0 Å². The summed E-state index contributed by atoms with van der Waals surface area (Å²) in [7, 11) is 0. The van der Waals surface area contributed by atoms with E-state index in [0.717, 1.165) is 22.3 Å². The van der Waals surface area contributed by atoms with Crippen molar-refractivity contribution in [3.8, 4) is 0 Å². The van der Waals surface area contributed by atoms with Crippen LogP contribution in [0.4, 0.5) is 0 Å². The average molecular weight is 279 g/mol. The Morgan fingerprint density at radius 3 is 2.57 bits per heavy atom. The molecular weight excluding hydrogens is 262 g/mol. The maximum atomic E-state index is 12.3. The average Bonchev–Trinajstić information content (AvgIpc) is 2.91. The molecule has 0 saturated carbocycles. The summed E-state index contributed by atoms with van der Waals surface area (Å²) in [6, 6.07) is 17.2. The van der Waals surface area contributed by atoms with Crippen LogP contribution < -0.4 is 5.32 Å². The van der Waals surface area contributed by atoms with Gasteiger partial charge in [0, 0.05) is 10.9 Å². The van der Waals surface area contributed by atoms with E-state index in [-0.39, 0.29) is 11.9 Å². The van der Waals surface area contributed by atoms with Gasteiger partial charge < -0.3 is 9.73 Å². The first kappa shape index (κ1) is 13.4. The minimum absolute atomic E-state index is 0.0824. The highest BCUT2D eigenvalue weighted by Gasteiger charge is 2.16. The van der Waals surface area contributed by atoms with Crippen LogP contribution >= 0.6 is 0 Å². The van der Waals surface area contributed by atoms with E-state index in [1.807, 2.05) is 68.4 Å². The molecule has 0 bridgehead atoms. The van der Waals surface area contributed by atoms with Crippen LogP contribution in [-0.4, -0.2) is 5.91 Å². The van der Waals surface area contributed by atoms with Crippen LogP contribution in [0.25, 0.3) is 11.0 Å². The lowest BCUT2D eigenvalue weighted by atomic mass is 10.1. The van der Waals surface area contributed by atoms with Gasteiger partial charge in [-0.05, 0) is 37.6 Å². The van der Waals surface area contributed by atoms with Crippen molar-refractivity contribution in [3.63, 3.8) is 0 Å². The second-order valence-electron chi connectivity index (χ2n) is 5.20. The molecule has 0 fully saturated rings. The molecule has 0 saturated heterocycles. The van der Waals surface area contributed by atoms with Gasteiger partial charge >= 0.3 is 0 Å². The third kappa shape index (κ3) is 2.68. The lowest BCUT2D eigenvalue weighted by Crippen LogP contribution is -2.26. The van der Waals surface area contributed by atoms with Gasteiger partial charge in [-0.3, -0.25) is 4.79 Å². The number of furan rings is 1. The number of hydrogen-bond acceptors (Lipinski definition) is 2. The number of amides is 1. The lowest BCUT2D eigenvalue weighted by molar-refractivity contribution is 0.0935. The molecule has 0 aliphatic carbocycles. The van der Waals surface area contributed by atoms with Crippen molar-refractivity contribution in [2.75, 3.05) is 0 Å². The summed E-state index contributed by atoms with van der Waals surface area (Å²) in [5.74, 6) is 0.680. The number of hydrogen-bond donors (Lipinski definition) is 1. The third-order valence-corrected chi connectivity index (χ3v) is 3.61. The van der Waals surface area contributed by atoms with Crippen molar-refractivity contribution in [3.05, 3.63) is 71.5 Å². The minimum Gasteiger partial charge on any atom is -0.459 e. The summed E-state index contributed by atoms with van der Waals surface area (Å²) < 4.78 is 5.78. The summed E-state index contributed by atoms with van der Waals surface area (Å²) in [6.07, 6.45) is 0. The maximum absolute atomic E-state index is 12.3. The Balaban J connectivity index is 1.81. The topological polar surface area (TPSA) is 42.2 Å². The summed E-state index contributed by atoms with van der Waals surface area (Å²) in [4.78, 5) is 12.3. The molecule has 1 N–H and O–H groups in total. The molecule has 1 aromatic heterocycles. The minimum atomic E-state index is -0.176. The second kappa shape index (κ2) is 5.44. The second-order valence-corrected chi connectivity index (χ2v) is 5.20. The highest BCUT2D eigenvalue weighted by molar-refractivity contribution is 5.95. The molecule has 21 heavy (non-hydrogen) atoms. The van der Waals surface area contributed by atoms with Crippen molar-refractivity contribution in [2.45, 2.75) is 19.9 Å². The van der Waals surface area contributed by atoms with E-state index >= 15 is 0 Å². The molecule has 1 amide bonds. The molecular formula is C18H17NO2. The van der Waals surface area contributed by atoms with Gasteiger partial charge in [-0.2, -0.15) is 0 Å². The maximum Gasteiger partial charge on any atom is 0.252 e. The van der Waals surface area contributed by atoms with Crippen LogP contribution in [0, 0.1) is 6.92 Å². The van der Waals surface area contributed by atoms with E-state index in [2.05, 4.69) is 5.32 Å². The lowest BCUT2D eigenvalue weighted by Gasteiger charge is -2.12. The van der Waals surface area contributed by atoms with Crippen molar-refractivity contribution in [1.82, 2.24) is 5.32 Å². The van der Waals surface area contributed by atoms with Crippen LogP contribution in [0.15, 0.2) is 59.0 Å². The standard InChI is InChI=1S/C18H17NO2/c1-12-7-3-5-9-15(12)18(20)19-13(2)17-11-14-8-4-6-10-16(14)21-17/h3-11,13H,1-2H3,(H,19,20). The summed E-state index contributed by atoms with van der Waals surface area (Å²) in [5, 5.41) is 4.03. The number of rotatable bonds is 3. The van der Waals surface area contributed by atoms with Gasteiger partial charge in [0.25, 0.3) is 5.91 Å². The van der Waals surface area contributed by atoms with Crippen LogP contribution in [0.3, 0.4) is 0 Å². The molecule has 0 radical (unpaired) electrons. The number of aryl methyl sites for hydroxylation is 1. The molecule has 3 nitrogen and oxygen atoms in total. The fraction of sp³-hybridized carbons (Fsp3) is 0.167. The molecule has 2 aromatic carbocycles. The SMILES string of the molecule is Cc1ccccc1C(=O)NC(C)c1cc2ccccc2o1. The highest BCUT2D eigenvalue weighted by Crippen LogP contribution is 2.23. The monoisotopic (exact) mass is 279 g/mol. The Labute approximate surface area is 123 Å². The van der Waals surface area contributed by atoms with E-state index in [1.165, 1.54) is 0 Å². The van der Waals surface area contributed by atoms with Gasteiger partial charge in [-0.1, -0.05) is 36.4 Å². The molecule has 0 aliphatic heterocycles. The molecule has 3 aromatic rings. The van der Waals surface area contributed by atoms with Crippen LogP contribution in [0.2, 0.25) is 0 Å². The fourth-order valence-corrected chi connectivity index (χ4v) is 2.39. The quantitative estimate of drug-likeness (QED) is 0.779. The summed E-state index contributed by atoms with van der Waals surface area (Å²) in [6.45, 7) is 3.86. The summed E-state index contributed by atoms with van der Waals surface area (Å²) >= 11 is 0. The van der Waals surface area contributed by atoms with E-state index in [0.29, 0.717) is 5.56 Å². The Hall–Kier alpha value is -2.55. The van der Waals surface area contributed by atoms with Gasteiger partial charge in [-0.15, -0.1) is 0 Å². The molecule has 3 rings (SSSR count). The van der Waals surface area contributed by atoms with Crippen molar-refractivity contribution < 1.29 is 9.21 Å². The normalized spacial score (nSPS) is 12.3. The van der Waals surface area contributed by atoms with Gasteiger partial charge in [0.2, 0.25) is 0 Å². The smallest absolute Gasteiger partial charge is 0.252 e. The number of nitrogens with one attached hydrogen (secondary N) is 1. The number of benzene rings is 2. The first-order valence-electron chi connectivity index (χ1n) is 7.00. The van der Waals surface area contributed by atoms with Crippen LogP contribution in [-0.2, 0) is 0 Å². The molecule has 106 valence electrons. The van der Waals surface area contributed by atoms with E-state index in [1.54, 1.807) is 0 Å². The molecule has 1 heterocycles. The van der Waals surface area contributed by atoms with E-state index < -0.39 is 0 Å². The Bertz CT molecular complexity index is 756. The van der Waals surface area contributed by atoms with E-state index in [9.17, 15) is 4.79 Å². The molecule has 0 aliphatic rings. The molecule has 0 spiro atoms. The van der Waals surface area contributed by atoms with Crippen LogP contribution in [0.5, 0.6) is 0 Å². The molecule has 3 heteroatoms. The van der Waals surface area contributed by atoms with Gasteiger partial charge in [0.05, 0.1) is 6.04 Å². The number of carbonyl (C=O) groups excluding carboxylic acids is 1. The largest absolute Gasteiger partial charge is 0.459 e. The molecule has 1 unspecified atom stereocenters. The van der Waals surface area contributed by atoms with Crippen molar-refractivity contribution in [2.24, 2.45) is 0 Å². The molecule has 1 atom stereocenters. The third-order valence-electron chi connectivity index (χ3n) is 3.61. The van der Waals surface area contributed by atoms with Crippen LogP contribution in [0.1, 0.15) is 34.6 Å². The number of carbonyl (C=O) groups is 1. The highest BCUT2D eigenvalue weighted by atomic mass is 16.3. The Morgan fingerprint density at radius 1 is 1.10 bits per heavy atom. The van der Waals surface area contributed by atoms with E-state index in [4.69, 9.17) is 4.42 Å². The zero-order valence-electron chi connectivity index (χ0n) is 12.1. The first-order valence-corrected chi connectivity index (χ1v) is 7.00. The summed E-state index contributed by atoms with van der Waals surface area (Å²) in [5.41, 5.74) is 2.50. The zero-order valence-corrected chi connectivity index (χ0v) is 12.1.